The van der Waals surface area contributed by atoms with Crippen LogP contribution in [0, 0.1) is 11.3 Å². The molecule has 2 aromatic carbocycles. The van der Waals surface area contributed by atoms with Crippen LogP contribution in [-0.2, 0) is 13.5 Å². The number of carbonyl (C=O) groups is 2. The highest BCUT2D eigenvalue weighted by atomic mass is 16.2. The number of nitrogens with one attached hydrogen (secondary N) is 1. The van der Waals surface area contributed by atoms with Gasteiger partial charge in [0.2, 0.25) is 0 Å². The Balaban J connectivity index is 1.21. The van der Waals surface area contributed by atoms with Gasteiger partial charge in [-0.3, -0.25) is 14.3 Å². The highest BCUT2D eigenvalue weighted by Crippen LogP contribution is 2.24. The lowest BCUT2D eigenvalue weighted by molar-refractivity contribution is 0.0783. The lowest BCUT2D eigenvalue weighted by Crippen LogP contribution is -2.38. The van der Waals surface area contributed by atoms with Crippen LogP contribution in [0.5, 0.6) is 0 Å². The summed E-state index contributed by atoms with van der Waals surface area (Å²) in [6.07, 6.45) is 6.20. The van der Waals surface area contributed by atoms with Crippen LogP contribution in [0.1, 0.15) is 32.7 Å². The van der Waals surface area contributed by atoms with Crippen LogP contribution in [0.3, 0.4) is 0 Å². The highest BCUT2D eigenvalue weighted by molar-refractivity contribution is 6.00. The Morgan fingerprint density at radius 3 is 2.42 bits per heavy atom. The third kappa shape index (κ3) is 5.25. The fourth-order valence-corrected chi connectivity index (χ4v) is 4.61. The molecule has 0 bridgehead atoms. The first kappa shape index (κ1) is 24.7. The molecule has 9 nitrogen and oxygen atoms in total. The van der Waals surface area contributed by atoms with Gasteiger partial charge in [-0.05, 0) is 41.3 Å². The molecule has 2 aromatic heterocycles. The highest BCUT2D eigenvalue weighted by Gasteiger charge is 2.29. The molecule has 3 N–H and O–H groups in total. The summed E-state index contributed by atoms with van der Waals surface area (Å²) in [7, 11) is 1.82. The number of carbonyl (C=O) groups excluding carboxylic acids is 2. The lowest BCUT2D eigenvalue weighted by atomic mass is 10.0. The monoisotopic (exact) mass is 505 g/mol. The van der Waals surface area contributed by atoms with Gasteiger partial charge in [0.1, 0.15) is 5.82 Å². The molecule has 0 spiro atoms. The Morgan fingerprint density at radius 1 is 1.05 bits per heavy atom. The summed E-state index contributed by atoms with van der Waals surface area (Å²) in [5.74, 6) is -0.233. The van der Waals surface area contributed by atoms with Crippen molar-refractivity contribution in [3.8, 4) is 28.3 Å². The summed E-state index contributed by atoms with van der Waals surface area (Å²) in [6.45, 7) is 0.970. The van der Waals surface area contributed by atoms with Crippen LogP contribution in [0.25, 0.3) is 22.3 Å². The number of aromatic nitrogens is 3. The van der Waals surface area contributed by atoms with E-state index in [2.05, 4.69) is 21.5 Å². The maximum absolute atomic E-state index is 13.1. The van der Waals surface area contributed by atoms with Crippen LogP contribution < -0.4 is 11.1 Å². The Labute approximate surface area is 220 Å². The molecule has 2 amide bonds. The van der Waals surface area contributed by atoms with Crippen LogP contribution in [-0.4, -0.2) is 50.6 Å². The topological polar surface area (TPSA) is 130 Å². The van der Waals surface area contributed by atoms with Gasteiger partial charge < -0.3 is 16.0 Å². The van der Waals surface area contributed by atoms with E-state index >= 15 is 0 Å². The second-order valence-corrected chi connectivity index (χ2v) is 9.38. The molecule has 0 radical (unpaired) electrons. The minimum absolute atomic E-state index is 0.0718. The zero-order valence-corrected chi connectivity index (χ0v) is 21.0. The van der Waals surface area contributed by atoms with E-state index in [9.17, 15) is 9.59 Å². The quantitative estimate of drug-likeness (QED) is 0.413. The number of anilines is 1. The van der Waals surface area contributed by atoms with Crippen molar-refractivity contribution in [2.24, 2.45) is 7.05 Å². The van der Waals surface area contributed by atoms with Crippen molar-refractivity contribution >= 4 is 17.6 Å². The number of benzene rings is 2. The summed E-state index contributed by atoms with van der Waals surface area (Å²) in [6, 6.07) is 19.0. The number of nitrogens with zero attached hydrogens (tertiary/aromatic N) is 5. The summed E-state index contributed by atoms with van der Waals surface area (Å²) < 4.78 is 1.68. The summed E-state index contributed by atoms with van der Waals surface area (Å²) in [5, 5.41) is 16.0. The molecule has 1 fully saturated rings. The van der Waals surface area contributed by atoms with Crippen molar-refractivity contribution in [2.75, 3.05) is 18.8 Å². The second-order valence-electron chi connectivity index (χ2n) is 9.38. The SMILES string of the molecule is Cn1cc(-c2cnc(N)c(C(=O)N[C@@H]3CCN(C(=O)c4ccc(-c5ccc(CC#N)cc5)cc4)C3)c2)cn1. The van der Waals surface area contributed by atoms with Crippen molar-refractivity contribution < 1.29 is 9.59 Å². The van der Waals surface area contributed by atoms with E-state index in [1.54, 1.807) is 28.0 Å². The Kier molecular flexibility index (Phi) is 6.87. The fourth-order valence-electron chi connectivity index (χ4n) is 4.61. The smallest absolute Gasteiger partial charge is 0.255 e. The number of hydrogen-bond donors (Lipinski definition) is 2. The molecule has 4 aromatic rings. The third-order valence-corrected chi connectivity index (χ3v) is 6.71. The van der Waals surface area contributed by atoms with Crippen molar-refractivity contribution in [1.82, 2.24) is 25.0 Å². The maximum atomic E-state index is 13.1. The first-order chi connectivity index (χ1) is 18.4. The number of nitrogen functional groups attached to an aromatic ring is 1. The van der Waals surface area contributed by atoms with Crippen molar-refractivity contribution in [3.63, 3.8) is 0 Å². The van der Waals surface area contributed by atoms with Gasteiger partial charge in [-0.25, -0.2) is 4.98 Å². The minimum Gasteiger partial charge on any atom is -0.383 e. The molecule has 190 valence electrons. The van der Waals surface area contributed by atoms with E-state index in [4.69, 9.17) is 11.0 Å². The normalized spacial score (nSPS) is 14.7. The molecule has 1 atom stereocenters. The van der Waals surface area contributed by atoms with Crippen LogP contribution in [0.4, 0.5) is 5.82 Å². The molecule has 1 saturated heterocycles. The van der Waals surface area contributed by atoms with E-state index in [1.807, 2.05) is 61.8 Å². The van der Waals surface area contributed by atoms with Gasteiger partial charge in [-0.1, -0.05) is 36.4 Å². The summed E-state index contributed by atoms with van der Waals surface area (Å²) in [4.78, 5) is 32.1. The molecule has 38 heavy (non-hydrogen) atoms. The predicted molar refractivity (Wildman–Crippen MR) is 144 cm³/mol. The standard InChI is InChI=1S/C29H27N7O2/c1-35-17-24(16-33-35)23-14-26(27(31)32-15-23)28(37)34-25-11-13-36(18-25)29(38)22-8-6-21(7-9-22)20-4-2-19(3-5-20)10-12-30/h2-9,14-17,25H,10-11,13,18H2,1H3,(H2,31,32)(H,34,37)/t25-/m1/s1. The minimum atomic E-state index is -0.315. The Bertz CT molecular complexity index is 1520. The van der Waals surface area contributed by atoms with Gasteiger partial charge in [-0.15, -0.1) is 0 Å². The number of pyridine rings is 1. The molecular formula is C29H27N7O2. The molecule has 0 unspecified atom stereocenters. The Hall–Kier alpha value is -4.97. The van der Waals surface area contributed by atoms with Crippen LogP contribution in [0.2, 0.25) is 0 Å². The van der Waals surface area contributed by atoms with E-state index in [1.165, 1.54) is 0 Å². The molecule has 5 rings (SSSR count). The fraction of sp³-hybridized carbons (Fsp3) is 0.207. The maximum Gasteiger partial charge on any atom is 0.255 e. The number of rotatable bonds is 6. The molecule has 1 aliphatic rings. The van der Waals surface area contributed by atoms with Gasteiger partial charge in [0.05, 0.1) is 24.3 Å². The van der Waals surface area contributed by atoms with Crippen molar-refractivity contribution in [1.29, 1.82) is 5.26 Å². The number of nitrogens with two attached hydrogens (primary N) is 1. The van der Waals surface area contributed by atoms with E-state index in [0.717, 1.165) is 27.8 Å². The van der Waals surface area contributed by atoms with Gasteiger partial charge >= 0.3 is 0 Å². The predicted octanol–water partition coefficient (Wildman–Crippen LogP) is 3.44. The molecule has 3 heterocycles. The van der Waals surface area contributed by atoms with E-state index in [0.29, 0.717) is 37.1 Å². The zero-order valence-electron chi connectivity index (χ0n) is 21.0. The molecule has 9 heteroatoms. The van der Waals surface area contributed by atoms with Crippen LogP contribution >= 0.6 is 0 Å². The van der Waals surface area contributed by atoms with Crippen molar-refractivity contribution in [2.45, 2.75) is 18.9 Å². The summed E-state index contributed by atoms with van der Waals surface area (Å²) >= 11 is 0. The average molecular weight is 506 g/mol. The van der Waals surface area contributed by atoms with Gasteiger partial charge in [0.15, 0.2) is 0 Å². The van der Waals surface area contributed by atoms with Crippen LogP contribution in [0.15, 0.2) is 73.2 Å². The van der Waals surface area contributed by atoms with Gasteiger partial charge in [-0.2, -0.15) is 10.4 Å². The first-order valence-electron chi connectivity index (χ1n) is 12.3. The number of amides is 2. The first-order valence-corrected chi connectivity index (χ1v) is 12.3. The van der Waals surface area contributed by atoms with E-state index in [-0.39, 0.29) is 23.7 Å². The Morgan fingerprint density at radius 2 is 1.76 bits per heavy atom. The number of likely N-dealkylation sites (tertiary alicyclic amines) is 1. The number of hydrogen-bond acceptors (Lipinski definition) is 6. The number of nitriles is 1. The van der Waals surface area contributed by atoms with Gasteiger partial charge in [0, 0.05) is 55.3 Å². The molecule has 0 saturated carbocycles. The number of aryl methyl sites for hydroxylation is 1. The third-order valence-electron chi connectivity index (χ3n) is 6.71. The second kappa shape index (κ2) is 10.6. The largest absolute Gasteiger partial charge is 0.383 e. The van der Waals surface area contributed by atoms with Gasteiger partial charge in [0.25, 0.3) is 11.8 Å². The van der Waals surface area contributed by atoms with Crippen molar-refractivity contribution in [3.05, 3.63) is 89.9 Å². The average Bonchev–Trinajstić information content (AvgIpc) is 3.58. The lowest BCUT2D eigenvalue weighted by Gasteiger charge is -2.18. The molecule has 1 aliphatic heterocycles. The molecule has 0 aliphatic carbocycles. The van der Waals surface area contributed by atoms with E-state index < -0.39 is 0 Å². The molecular weight excluding hydrogens is 478 g/mol. The zero-order chi connectivity index (χ0) is 26.6. The summed E-state index contributed by atoms with van der Waals surface area (Å²) in [5.41, 5.74) is 11.5.